The molecule has 0 radical (unpaired) electrons. The van der Waals surface area contributed by atoms with Crippen molar-refractivity contribution in [2.75, 3.05) is 4.90 Å². The minimum atomic E-state index is -0.201. The van der Waals surface area contributed by atoms with Crippen LogP contribution in [0.2, 0.25) is 0 Å². The molecule has 6 heteroatoms. The van der Waals surface area contributed by atoms with Gasteiger partial charge in [0.25, 0.3) is 5.91 Å². The molecule has 2 aromatic heterocycles. The largest absolute Gasteiger partial charge is 0.355 e. The summed E-state index contributed by atoms with van der Waals surface area (Å²) >= 11 is 4.95. The van der Waals surface area contributed by atoms with Crippen molar-refractivity contribution in [3.63, 3.8) is 0 Å². The zero-order chi connectivity index (χ0) is 15.8. The van der Waals surface area contributed by atoms with Gasteiger partial charge in [-0.3, -0.25) is 15.1 Å². The number of H-pyrrole nitrogens is 1. The van der Waals surface area contributed by atoms with Crippen LogP contribution in [0.4, 0.5) is 5.69 Å². The van der Waals surface area contributed by atoms with Gasteiger partial charge in [0, 0.05) is 24.0 Å². The van der Waals surface area contributed by atoms with E-state index in [1.165, 1.54) is 0 Å². The molecule has 23 heavy (non-hydrogen) atoms. The minimum Gasteiger partial charge on any atom is -0.355 e. The van der Waals surface area contributed by atoms with E-state index in [0.29, 0.717) is 18.1 Å². The molecule has 5 nitrogen and oxygen atoms in total. The Morgan fingerprint density at radius 2 is 2.17 bits per heavy atom. The lowest BCUT2D eigenvalue weighted by Crippen LogP contribution is -2.41. The van der Waals surface area contributed by atoms with E-state index in [1.807, 2.05) is 35.4 Å². The van der Waals surface area contributed by atoms with Crippen molar-refractivity contribution < 1.29 is 4.79 Å². The molecule has 0 saturated heterocycles. The molecule has 0 fully saturated rings. The average molecular weight is 320 g/mol. The molecule has 1 aliphatic rings. The number of hydrogen-bond acceptors (Lipinski definition) is 4. The van der Waals surface area contributed by atoms with E-state index >= 15 is 0 Å². The zero-order valence-electron chi connectivity index (χ0n) is 12.0. The highest BCUT2D eigenvalue weighted by Gasteiger charge is 2.28. The second kappa shape index (κ2) is 5.35. The molecule has 2 N–H and O–H groups in total. The van der Waals surface area contributed by atoms with Gasteiger partial charge in [-0.25, -0.2) is 0 Å². The number of benzene rings is 1. The first kappa shape index (κ1) is 13.7. The lowest BCUT2D eigenvalue weighted by molar-refractivity contribution is 0.0957. The number of hydrogen-bond donors (Lipinski definition) is 2. The Morgan fingerprint density at radius 1 is 1.26 bits per heavy atom. The fourth-order valence-electron chi connectivity index (χ4n) is 2.86. The Labute approximate surface area is 137 Å². The van der Waals surface area contributed by atoms with Crippen LogP contribution in [0.5, 0.6) is 0 Å². The summed E-state index contributed by atoms with van der Waals surface area (Å²) in [6, 6.07) is 9.96. The van der Waals surface area contributed by atoms with Gasteiger partial charge in [-0.1, -0.05) is 18.2 Å². The number of anilines is 1. The second-order valence-corrected chi connectivity index (χ2v) is 5.45. The van der Waals surface area contributed by atoms with Crippen molar-refractivity contribution in [1.82, 2.24) is 15.3 Å². The van der Waals surface area contributed by atoms with Gasteiger partial charge in [0.1, 0.15) is 5.69 Å². The van der Waals surface area contributed by atoms with Gasteiger partial charge in [0.15, 0.2) is 5.82 Å². The molecule has 0 aliphatic carbocycles. The Bertz CT molecular complexity index is 966. The third-order valence-corrected chi connectivity index (χ3v) is 4.14. The normalized spacial score (nSPS) is 13.7. The van der Waals surface area contributed by atoms with Crippen LogP contribution in [0.25, 0.3) is 10.8 Å². The molecule has 0 bridgehead atoms. The zero-order valence-corrected chi connectivity index (χ0v) is 12.9. The number of rotatable bonds is 2. The van der Waals surface area contributed by atoms with E-state index in [1.54, 1.807) is 12.4 Å². The molecular formula is C17H12N4OS. The number of aromatic nitrogens is 2. The first-order valence-electron chi connectivity index (χ1n) is 7.11. The number of carbonyl (C=O) groups is 1. The van der Waals surface area contributed by atoms with Gasteiger partial charge in [-0.05, 0) is 40.3 Å². The maximum absolute atomic E-state index is 12.0. The van der Waals surface area contributed by atoms with E-state index in [4.69, 9.17) is 12.2 Å². The van der Waals surface area contributed by atoms with Crippen molar-refractivity contribution in [1.29, 1.82) is 0 Å². The SMILES string of the molecule is O=C1NC(=C=S)N(Cc2cccc3ccncc23)c2cc[nH]c21. The highest BCUT2D eigenvalue weighted by molar-refractivity contribution is 7.78. The third kappa shape index (κ3) is 2.21. The topological polar surface area (TPSA) is 61.0 Å². The Hall–Kier alpha value is -2.95. The van der Waals surface area contributed by atoms with Crippen molar-refractivity contribution in [3.8, 4) is 0 Å². The van der Waals surface area contributed by atoms with E-state index in [0.717, 1.165) is 22.0 Å². The molecule has 0 spiro atoms. The summed E-state index contributed by atoms with van der Waals surface area (Å²) in [7, 11) is 0. The molecule has 1 aliphatic heterocycles. The van der Waals surface area contributed by atoms with Crippen molar-refractivity contribution in [2.24, 2.45) is 0 Å². The van der Waals surface area contributed by atoms with Gasteiger partial charge in [-0.2, -0.15) is 0 Å². The molecule has 1 amide bonds. The number of aromatic amines is 1. The van der Waals surface area contributed by atoms with E-state index in [-0.39, 0.29) is 5.91 Å². The molecule has 3 heterocycles. The summed E-state index contributed by atoms with van der Waals surface area (Å²) in [4.78, 5) is 21.2. The quantitative estimate of drug-likeness (QED) is 0.713. The summed E-state index contributed by atoms with van der Waals surface area (Å²) in [6.45, 7) is 0.563. The van der Waals surface area contributed by atoms with Gasteiger partial charge in [-0.15, -0.1) is 0 Å². The predicted octanol–water partition coefficient (Wildman–Crippen LogP) is 2.75. The molecule has 1 aromatic carbocycles. The van der Waals surface area contributed by atoms with Crippen LogP contribution >= 0.6 is 12.2 Å². The maximum atomic E-state index is 12.0. The molecule has 112 valence electrons. The van der Waals surface area contributed by atoms with Crippen LogP contribution in [0, 0.1) is 0 Å². The smallest absolute Gasteiger partial charge is 0.275 e. The summed E-state index contributed by atoms with van der Waals surface area (Å²) in [5.74, 6) is 0.283. The maximum Gasteiger partial charge on any atom is 0.275 e. The number of fused-ring (bicyclic) bond motifs is 2. The standard InChI is InChI=1S/C17H12N4OS/c22-17-16-14(5-7-19-16)21(15(10-23)20-17)9-12-3-1-2-11-4-6-18-8-13(11)12/h1-8,19H,9H2,(H,20,22). The fraction of sp³-hybridized carbons (Fsp3) is 0.0588. The minimum absolute atomic E-state index is 0.201. The monoisotopic (exact) mass is 320 g/mol. The van der Waals surface area contributed by atoms with Crippen molar-refractivity contribution in [3.05, 3.63) is 66.0 Å². The molecule has 0 atom stereocenters. The fourth-order valence-corrected chi connectivity index (χ4v) is 3.02. The number of carbonyl (C=O) groups excluding carboxylic acids is 1. The van der Waals surface area contributed by atoms with Gasteiger partial charge in [0.2, 0.25) is 0 Å². The van der Waals surface area contributed by atoms with Crippen LogP contribution < -0.4 is 10.2 Å². The summed E-state index contributed by atoms with van der Waals surface area (Å²) in [5.41, 5.74) is 2.42. The van der Waals surface area contributed by atoms with Gasteiger partial charge < -0.3 is 9.88 Å². The highest BCUT2D eigenvalue weighted by Crippen LogP contribution is 2.29. The molecule has 3 aromatic rings. The third-order valence-electron chi connectivity index (χ3n) is 3.94. The van der Waals surface area contributed by atoms with Crippen molar-refractivity contribution >= 4 is 39.6 Å². The predicted molar refractivity (Wildman–Crippen MR) is 92.3 cm³/mol. The first-order valence-corrected chi connectivity index (χ1v) is 7.52. The van der Waals surface area contributed by atoms with E-state index in [2.05, 4.69) is 26.4 Å². The summed E-state index contributed by atoms with van der Waals surface area (Å²) in [6.07, 6.45) is 5.38. The second-order valence-electron chi connectivity index (χ2n) is 5.24. The molecule has 4 rings (SSSR count). The van der Waals surface area contributed by atoms with Crippen LogP contribution in [0.1, 0.15) is 16.1 Å². The lowest BCUT2D eigenvalue weighted by Gasteiger charge is -2.30. The molecular weight excluding hydrogens is 308 g/mol. The number of nitrogens with one attached hydrogen (secondary N) is 2. The lowest BCUT2D eigenvalue weighted by atomic mass is 10.1. The van der Waals surface area contributed by atoms with E-state index < -0.39 is 0 Å². The van der Waals surface area contributed by atoms with Crippen LogP contribution in [0.3, 0.4) is 0 Å². The number of pyridine rings is 1. The van der Waals surface area contributed by atoms with Crippen molar-refractivity contribution in [2.45, 2.75) is 6.54 Å². The van der Waals surface area contributed by atoms with Gasteiger partial charge >= 0.3 is 0 Å². The number of amides is 1. The molecule has 0 saturated carbocycles. The first-order chi connectivity index (χ1) is 11.3. The van der Waals surface area contributed by atoms with Crippen LogP contribution in [0.15, 0.2) is 54.7 Å². The van der Waals surface area contributed by atoms with Crippen LogP contribution in [-0.2, 0) is 6.54 Å². The Kier molecular flexibility index (Phi) is 3.19. The van der Waals surface area contributed by atoms with E-state index in [9.17, 15) is 4.79 Å². The Balaban J connectivity index is 1.82. The Morgan fingerprint density at radius 3 is 3.04 bits per heavy atom. The highest BCUT2D eigenvalue weighted by atomic mass is 32.1. The van der Waals surface area contributed by atoms with Crippen LogP contribution in [-0.4, -0.2) is 20.9 Å². The average Bonchev–Trinajstić information content (AvgIpc) is 3.08. The summed E-state index contributed by atoms with van der Waals surface area (Å²) < 4.78 is 0. The van der Waals surface area contributed by atoms with Gasteiger partial charge in [0.05, 0.1) is 12.2 Å². The summed E-state index contributed by atoms with van der Waals surface area (Å²) in [5, 5.41) is 7.62. The molecule has 0 unspecified atom stereocenters. The number of thiocarbonyl (C=S) groups is 1. The number of nitrogens with zero attached hydrogens (tertiary/aromatic N) is 2.